The van der Waals surface area contributed by atoms with E-state index in [-0.39, 0.29) is 11.5 Å². The summed E-state index contributed by atoms with van der Waals surface area (Å²) in [6.07, 6.45) is 5.75. The summed E-state index contributed by atoms with van der Waals surface area (Å²) in [7, 11) is 0. The number of aromatic hydroxyl groups is 1. The Morgan fingerprint density at radius 1 is 1.33 bits per heavy atom. The van der Waals surface area contributed by atoms with Crippen LogP contribution in [0.25, 0.3) is 0 Å². The van der Waals surface area contributed by atoms with Gasteiger partial charge in [-0.15, -0.1) is 0 Å². The second-order valence-electron chi connectivity index (χ2n) is 4.92. The maximum absolute atomic E-state index is 11.9. The minimum Gasteiger partial charge on any atom is -0.507 e. The number of benzene rings is 1. The van der Waals surface area contributed by atoms with E-state index < -0.39 is 0 Å². The number of hydrogen-bond acceptors (Lipinski definition) is 3. The van der Waals surface area contributed by atoms with Crippen LogP contribution in [-0.2, 0) is 0 Å². The third-order valence-corrected chi connectivity index (χ3v) is 3.42. The molecular weight excluding hydrogens is 226 g/mol. The zero-order chi connectivity index (χ0) is 13.0. The fraction of sp³-hybridized carbons (Fsp3) is 0.400. The molecule has 2 rings (SSSR count). The molecule has 1 aliphatic rings. The van der Waals surface area contributed by atoms with Crippen molar-refractivity contribution in [1.82, 2.24) is 4.90 Å². The van der Waals surface area contributed by atoms with E-state index in [9.17, 15) is 9.90 Å². The van der Waals surface area contributed by atoms with E-state index in [1.807, 2.05) is 6.20 Å². The predicted molar refractivity (Wildman–Crippen MR) is 71.5 cm³/mol. The zero-order valence-electron chi connectivity index (χ0n) is 10.7. The summed E-state index contributed by atoms with van der Waals surface area (Å²) in [6, 6.07) is 6.63. The molecule has 1 aromatic rings. The van der Waals surface area contributed by atoms with Crippen LogP contribution in [0, 0.1) is 5.92 Å². The van der Waals surface area contributed by atoms with Gasteiger partial charge in [-0.05, 0) is 30.9 Å². The first-order valence-corrected chi connectivity index (χ1v) is 6.41. The van der Waals surface area contributed by atoms with E-state index >= 15 is 0 Å². The van der Waals surface area contributed by atoms with Gasteiger partial charge in [0.2, 0.25) is 0 Å². The van der Waals surface area contributed by atoms with Gasteiger partial charge in [-0.2, -0.15) is 0 Å². The van der Waals surface area contributed by atoms with E-state index in [1.54, 1.807) is 24.3 Å². The zero-order valence-corrected chi connectivity index (χ0v) is 10.7. The molecule has 0 aliphatic carbocycles. The van der Waals surface area contributed by atoms with Crippen LogP contribution in [0.4, 0.5) is 0 Å². The van der Waals surface area contributed by atoms with Crippen molar-refractivity contribution < 1.29 is 9.90 Å². The molecule has 0 spiro atoms. The number of phenolic OH excluding ortho intramolecular Hbond substituents is 1. The predicted octanol–water partition coefficient (Wildman–Crippen LogP) is 2.82. The highest BCUT2D eigenvalue weighted by molar-refractivity contribution is 6.06. The van der Waals surface area contributed by atoms with Gasteiger partial charge in [-0.25, -0.2) is 0 Å². The summed E-state index contributed by atoms with van der Waals surface area (Å²) in [5.74, 6) is 0.676. The van der Waals surface area contributed by atoms with Gasteiger partial charge in [-0.1, -0.05) is 19.1 Å². The first kappa shape index (κ1) is 12.7. The van der Waals surface area contributed by atoms with Crippen molar-refractivity contribution in [3.8, 4) is 5.75 Å². The van der Waals surface area contributed by atoms with Crippen molar-refractivity contribution in [1.29, 1.82) is 0 Å². The van der Waals surface area contributed by atoms with Gasteiger partial charge < -0.3 is 10.0 Å². The van der Waals surface area contributed by atoms with Gasteiger partial charge >= 0.3 is 0 Å². The average Bonchev–Trinajstić information content (AvgIpc) is 2.38. The Hall–Kier alpha value is -1.77. The number of nitrogens with zero attached hydrogens (tertiary/aromatic N) is 1. The maximum atomic E-state index is 11.9. The second-order valence-corrected chi connectivity index (χ2v) is 4.92. The number of carbonyl (C=O) groups is 1. The van der Waals surface area contributed by atoms with Crippen LogP contribution in [0.3, 0.4) is 0 Å². The van der Waals surface area contributed by atoms with Crippen LogP contribution < -0.4 is 0 Å². The van der Waals surface area contributed by atoms with E-state index in [0.29, 0.717) is 5.56 Å². The van der Waals surface area contributed by atoms with Gasteiger partial charge in [0.15, 0.2) is 5.78 Å². The molecule has 3 nitrogen and oxygen atoms in total. The van der Waals surface area contributed by atoms with Gasteiger partial charge in [0.1, 0.15) is 5.75 Å². The lowest BCUT2D eigenvalue weighted by molar-refractivity contribution is 0.104. The summed E-state index contributed by atoms with van der Waals surface area (Å²) in [6.45, 7) is 4.27. The molecule has 0 unspecified atom stereocenters. The highest BCUT2D eigenvalue weighted by Crippen LogP contribution is 2.18. The highest BCUT2D eigenvalue weighted by Gasteiger charge is 2.13. The van der Waals surface area contributed by atoms with Gasteiger partial charge in [0.05, 0.1) is 5.56 Å². The molecule has 0 atom stereocenters. The number of piperidine rings is 1. The Kier molecular flexibility index (Phi) is 4.03. The van der Waals surface area contributed by atoms with Crippen LogP contribution >= 0.6 is 0 Å². The summed E-state index contributed by atoms with van der Waals surface area (Å²) < 4.78 is 0. The lowest BCUT2D eigenvalue weighted by Crippen LogP contribution is -2.28. The van der Waals surface area contributed by atoms with E-state index in [4.69, 9.17) is 0 Å². The number of phenols is 1. The van der Waals surface area contributed by atoms with Crippen LogP contribution in [0.1, 0.15) is 30.1 Å². The Labute approximate surface area is 108 Å². The molecule has 1 heterocycles. The largest absolute Gasteiger partial charge is 0.507 e. The lowest BCUT2D eigenvalue weighted by atomic mass is 9.99. The second kappa shape index (κ2) is 5.71. The topological polar surface area (TPSA) is 40.5 Å². The van der Waals surface area contributed by atoms with Crippen molar-refractivity contribution in [2.45, 2.75) is 19.8 Å². The molecule has 18 heavy (non-hydrogen) atoms. The Balaban J connectivity index is 1.97. The number of allylic oxidation sites excluding steroid dienone is 1. The molecule has 0 radical (unpaired) electrons. The van der Waals surface area contributed by atoms with E-state index in [0.717, 1.165) is 19.0 Å². The maximum Gasteiger partial charge on any atom is 0.190 e. The SMILES string of the molecule is CC1CCN(/C=C/C(=O)c2ccccc2O)CC1. The van der Waals surface area contributed by atoms with Crippen LogP contribution in [0.5, 0.6) is 5.75 Å². The van der Waals surface area contributed by atoms with E-state index in [2.05, 4.69) is 11.8 Å². The molecule has 3 heteroatoms. The number of carbonyl (C=O) groups excluding carboxylic acids is 1. The van der Waals surface area contributed by atoms with Crippen molar-refractivity contribution in [2.24, 2.45) is 5.92 Å². The number of ketones is 1. The highest BCUT2D eigenvalue weighted by atomic mass is 16.3. The lowest BCUT2D eigenvalue weighted by Gasteiger charge is -2.28. The van der Waals surface area contributed by atoms with Gasteiger partial charge in [0, 0.05) is 25.4 Å². The van der Waals surface area contributed by atoms with Gasteiger partial charge in [-0.3, -0.25) is 4.79 Å². The fourth-order valence-corrected chi connectivity index (χ4v) is 2.12. The minimum atomic E-state index is -0.147. The smallest absolute Gasteiger partial charge is 0.190 e. The Morgan fingerprint density at radius 2 is 2.00 bits per heavy atom. The van der Waals surface area contributed by atoms with Crippen molar-refractivity contribution in [2.75, 3.05) is 13.1 Å². The molecule has 1 saturated heterocycles. The molecule has 0 bridgehead atoms. The first-order chi connectivity index (χ1) is 8.66. The van der Waals surface area contributed by atoms with Crippen molar-refractivity contribution in [3.05, 3.63) is 42.1 Å². The van der Waals surface area contributed by atoms with Crippen LogP contribution in [0.15, 0.2) is 36.5 Å². The number of hydrogen-bond donors (Lipinski definition) is 1. The normalized spacial score (nSPS) is 17.3. The Morgan fingerprint density at radius 3 is 2.67 bits per heavy atom. The molecule has 0 aromatic heterocycles. The molecule has 1 fully saturated rings. The molecule has 0 saturated carbocycles. The van der Waals surface area contributed by atoms with Crippen LogP contribution in [-0.4, -0.2) is 28.9 Å². The van der Waals surface area contributed by atoms with Crippen molar-refractivity contribution in [3.63, 3.8) is 0 Å². The summed E-state index contributed by atoms with van der Waals surface area (Å²) in [5.41, 5.74) is 0.360. The average molecular weight is 245 g/mol. The third-order valence-electron chi connectivity index (χ3n) is 3.42. The molecule has 1 N–H and O–H groups in total. The minimum absolute atomic E-state index is 0.0411. The van der Waals surface area contributed by atoms with Crippen molar-refractivity contribution >= 4 is 5.78 Å². The third kappa shape index (κ3) is 3.13. The molecule has 96 valence electrons. The summed E-state index contributed by atoms with van der Waals surface area (Å²) in [5, 5.41) is 9.58. The van der Waals surface area contributed by atoms with Crippen LogP contribution in [0.2, 0.25) is 0 Å². The number of likely N-dealkylation sites (tertiary alicyclic amines) is 1. The molecule has 0 amide bonds. The fourth-order valence-electron chi connectivity index (χ4n) is 2.12. The summed E-state index contributed by atoms with van der Waals surface area (Å²) >= 11 is 0. The monoisotopic (exact) mass is 245 g/mol. The molecular formula is C15H19NO2. The van der Waals surface area contributed by atoms with Gasteiger partial charge in [0.25, 0.3) is 0 Å². The van der Waals surface area contributed by atoms with E-state index in [1.165, 1.54) is 18.9 Å². The quantitative estimate of drug-likeness (QED) is 0.657. The molecule has 1 aliphatic heterocycles. The number of rotatable bonds is 3. The number of para-hydroxylation sites is 1. The molecule has 1 aromatic carbocycles. The Bertz CT molecular complexity index is 446. The standard InChI is InChI=1S/C15H19NO2/c1-12-6-9-16(10-7-12)11-8-15(18)13-4-2-3-5-14(13)17/h2-5,8,11-12,17H,6-7,9-10H2,1H3/b11-8+. The first-order valence-electron chi connectivity index (χ1n) is 6.41. The summed E-state index contributed by atoms with van der Waals surface area (Å²) in [4.78, 5) is 14.1.